The van der Waals surface area contributed by atoms with Crippen molar-refractivity contribution in [2.75, 3.05) is 20.8 Å². The lowest BCUT2D eigenvalue weighted by atomic mass is 9.90. The molecule has 3 aromatic rings. The lowest BCUT2D eigenvalue weighted by Crippen LogP contribution is -2.41. The number of rotatable bonds is 5. The number of amides is 1. The van der Waals surface area contributed by atoms with Gasteiger partial charge >= 0.3 is 0 Å². The average Bonchev–Trinajstić information content (AvgIpc) is 3.27. The molecule has 0 bridgehead atoms. The number of thiophene rings is 1. The van der Waals surface area contributed by atoms with Crippen molar-refractivity contribution in [1.82, 2.24) is 4.90 Å². The van der Waals surface area contributed by atoms with Crippen molar-refractivity contribution in [3.05, 3.63) is 80.0 Å². The van der Waals surface area contributed by atoms with Crippen molar-refractivity contribution in [1.29, 1.82) is 0 Å². The highest BCUT2D eigenvalue weighted by Gasteiger charge is 2.33. The van der Waals surface area contributed by atoms with Crippen LogP contribution < -0.4 is 9.47 Å². The topological polar surface area (TPSA) is 38.8 Å². The quantitative estimate of drug-likeness (QED) is 0.510. The molecule has 0 radical (unpaired) electrons. The average molecular weight is 472 g/mol. The Kier molecular flexibility index (Phi) is 5.92. The first kappa shape index (κ1) is 20.0. The molecule has 0 N–H and O–H groups in total. The van der Waals surface area contributed by atoms with E-state index in [2.05, 4.69) is 27.4 Å². The van der Waals surface area contributed by atoms with Crippen molar-refractivity contribution < 1.29 is 14.3 Å². The number of carbonyl (C=O) groups is 1. The molecule has 0 aliphatic carbocycles. The number of nitrogens with zero attached hydrogens (tertiary/aromatic N) is 1. The molecule has 150 valence electrons. The summed E-state index contributed by atoms with van der Waals surface area (Å²) >= 11 is 5.12. The molecular weight excluding hydrogens is 450 g/mol. The Balaban J connectivity index is 1.71. The Hall–Kier alpha value is -2.31. The molecule has 0 saturated heterocycles. The van der Waals surface area contributed by atoms with Gasteiger partial charge in [-0.1, -0.05) is 34.1 Å². The molecule has 1 unspecified atom stereocenters. The van der Waals surface area contributed by atoms with Gasteiger partial charge in [0, 0.05) is 15.9 Å². The summed E-state index contributed by atoms with van der Waals surface area (Å²) in [6.07, 6.45) is 1.18. The summed E-state index contributed by atoms with van der Waals surface area (Å²) in [5.41, 5.74) is 3.33. The smallest absolute Gasteiger partial charge is 0.227 e. The Morgan fingerprint density at radius 2 is 1.86 bits per heavy atom. The van der Waals surface area contributed by atoms with Gasteiger partial charge in [-0.3, -0.25) is 4.79 Å². The maximum atomic E-state index is 13.3. The van der Waals surface area contributed by atoms with Gasteiger partial charge in [0.25, 0.3) is 0 Å². The van der Waals surface area contributed by atoms with Crippen molar-refractivity contribution in [3.63, 3.8) is 0 Å². The van der Waals surface area contributed by atoms with Gasteiger partial charge in [-0.05, 0) is 58.8 Å². The van der Waals surface area contributed by atoms with Crippen molar-refractivity contribution in [2.24, 2.45) is 0 Å². The highest BCUT2D eigenvalue weighted by molar-refractivity contribution is 9.10. The molecule has 1 aromatic heterocycles. The predicted molar refractivity (Wildman–Crippen MR) is 119 cm³/mol. The van der Waals surface area contributed by atoms with E-state index in [9.17, 15) is 4.79 Å². The van der Waals surface area contributed by atoms with Crippen LogP contribution in [0.4, 0.5) is 0 Å². The molecule has 1 aliphatic heterocycles. The first-order valence-corrected chi connectivity index (χ1v) is 11.1. The van der Waals surface area contributed by atoms with Gasteiger partial charge in [-0.2, -0.15) is 0 Å². The van der Waals surface area contributed by atoms with E-state index in [1.54, 1.807) is 25.6 Å². The maximum Gasteiger partial charge on any atom is 0.227 e. The van der Waals surface area contributed by atoms with Crippen LogP contribution in [-0.4, -0.2) is 31.6 Å². The third kappa shape index (κ3) is 4.05. The van der Waals surface area contributed by atoms with E-state index < -0.39 is 0 Å². The van der Waals surface area contributed by atoms with Crippen molar-refractivity contribution >= 4 is 33.2 Å². The van der Waals surface area contributed by atoms with Crippen LogP contribution in [0.15, 0.2) is 58.4 Å². The van der Waals surface area contributed by atoms with Crippen molar-refractivity contribution in [3.8, 4) is 11.5 Å². The largest absolute Gasteiger partial charge is 0.493 e. The van der Waals surface area contributed by atoms with Gasteiger partial charge in [0.1, 0.15) is 0 Å². The fraction of sp³-hybridized carbons (Fsp3) is 0.261. The fourth-order valence-electron chi connectivity index (χ4n) is 3.85. The molecule has 0 saturated carbocycles. The highest BCUT2D eigenvalue weighted by Crippen LogP contribution is 2.42. The summed E-state index contributed by atoms with van der Waals surface area (Å²) in [6.45, 7) is 0.681. The van der Waals surface area contributed by atoms with Gasteiger partial charge in [0.05, 0.1) is 26.7 Å². The summed E-state index contributed by atoms with van der Waals surface area (Å²) in [4.78, 5) is 16.5. The zero-order chi connectivity index (χ0) is 20.4. The van der Waals surface area contributed by atoms with Crippen LogP contribution >= 0.6 is 27.3 Å². The second kappa shape index (κ2) is 8.59. The molecule has 4 nitrogen and oxygen atoms in total. The summed E-state index contributed by atoms with van der Waals surface area (Å²) in [7, 11) is 3.29. The lowest BCUT2D eigenvalue weighted by Gasteiger charge is -2.37. The van der Waals surface area contributed by atoms with Crippen LogP contribution in [0.1, 0.15) is 27.6 Å². The van der Waals surface area contributed by atoms with E-state index in [1.807, 2.05) is 47.4 Å². The van der Waals surface area contributed by atoms with Gasteiger partial charge in [0.15, 0.2) is 11.5 Å². The Bertz CT molecular complexity index is 1000. The molecule has 0 spiro atoms. The third-order valence-electron chi connectivity index (χ3n) is 5.28. The Morgan fingerprint density at radius 3 is 2.52 bits per heavy atom. The summed E-state index contributed by atoms with van der Waals surface area (Å²) < 4.78 is 12.0. The summed E-state index contributed by atoms with van der Waals surface area (Å²) in [5.74, 6) is 1.55. The van der Waals surface area contributed by atoms with Crippen LogP contribution in [0.5, 0.6) is 11.5 Å². The molecule has 1 atom stereocenters. The van der Waals surface area contributed by atoms with E-state index in [1.165, 1.54) is 5.56 Å². The van der Waals surface area contributed by atoms with Gasteiger partial charge < -0.3 is 14.4 Å². The maximum absolute atomic E-state index is 13.3. The molecule has 4 rings (SSSR count). The van der Waals surface area contributed by atoms with Gasteiger partial charge in [-0.15, -0.1) is 11.3 Å². The molecule has 1 aliphatic rings. The van der Waals surface area contributed by atoms with E-state index in [4.69, 9.17) is 9.47 Å². The molecule has 0 fully saturated rings. The minimum Gasteiger partial charge on any atom is -0.493 e. The van der Waals surface area contributed by atoms with Crippen LogP contribution in [-0.2, 0) is 17.6 Å². The zero-order valence-electron chi connectivity index (χ0n) is 16.4. The SMILES string of the molecule is COc1cc2c(cc1OC)C(c1cccs1)N(C(=O)Cc1ccc(Br)cc1)CC2. The second-order valence-corrected chi connectivity index (χ2v) is 8.86. The Morgan fingerprint density at radius 1 is 1.14 bits per heavy atom. The van der Waals surface area contributed by atoms with E-state index in [0.29, 0.717) is 18.7 Å². The fourth-order valence-corrected chi connectivity index (χ4v) is 4.97. The minimum absolute atomic E-state index is 0.110. The highest BCUT2D eigenvalue weighted by atomic mass is 79.9. The van der Waals surface area contributed by atoms with Crippen molar-refractivity contribution in [2.45, 2.75) is 18.9 Å². The predicted octanol–water partition coefficient (Wildman–Crippen LogP) is 5.24. The zero-order valence-corrected chi connectivity index (χ0v) is 18.8. The monoisotopic (exact) mass is 471 g/mol. The minimum atomic E-state index is -0.110. The van der Waals surface area contributed by atoms with Crippen LogP contribution in [0.2, 0.25) is 0 Å². The Labute approximate surface area is 183 Å². The number of carbonyl (C=O) groups excluding carboxylic acids is 1. The standard InChI is InChI=1S/C23H22BrNO3S/c1-27-19-13-16-9-10-25(22(26)12-15-5-7-17(24)8-6-15)23(21-4-3-11-29-21)18(16)14-20(19)28-2/h3-8,11,13-14,23H,9-10,12H2,1-2H3. The van der Waals surface area contributed by atoms with E-state index >= 15 is 0 Å². The van der Waals surface area contributed by atoms with Crippen LogP contribution in [0.25, 0.3) is 0 Å². The second-order valence-electron chi connectivity index (χ2n) is 6.96. The molecule has 2 aromatic carbocycles. The van der Waals surface area contributed by atoms with Crippen LogP contribution in [0.3, 0.4) is 0 Å². The summed E-state index contributed by atoms with van der Waals surface area (Å²) in [6, 6.07) is 16.0. The number of methoxy groups -OCH3 is 2. The van der Waals surface area contributed by atoms with Gasteiger partial charge in [-0.25, -0.2) is 0 Å². The number of benzene rings is 2. The molecule has 1 amide bonds. The molecule has 2 heterocycles. The number of ether oxygens (including phenoxy) is 2. The number of hydrogen-bond donors (Lipinski definition) is 0. The molecule has 29 heavy (non-hydrogen) atoms. The molecular formula is C23H22BrNO3S. The van der Waals surface area contributed by atoms with E-state index in [-0.39, 0.29) is 11.9 Å². The van der Waals surface area contributed by atoms with Gasteiger partial charge in [0.2, 0.25) is 5.91 Å². The molecule has 6 heteroatoms. The van der Waals surface area contributed by atoms with Crippen LogP contribution in [0, 0.1) is 0 Å². The number of halogens is 1. The summed E-state index contributed by atoms with van der Waals surface area (Å²) in [5, 5.41) is 2.06. The first-order valence-electron chi connectivity index (χ1n) is 9.43. The lowest BCUT2D eigenvalue weighted by molar-refractivity contribution is -0.132. The number of fused-ring (bicyclic) bond motifs is 1. The first-order chi connectivity index (χ1) is 14.1. The third-order valence-corrected chi connectivity index (χ3v) is 6.73. The normalized spacial score (nSPS) is 15.7. The number of hydrogen-bond acceptors (Lipinski definition) is 4. The van der Waals surface area contributed by atoms with E-state index in [0.717, 1.165) is 32.6 Å².